The van der Waals surface area contributed by atoms with Gasteiger partial charge in [-0.1, -0.05) is 0 Å². The number of hydrogen-bond donors (Lipinski definition) is 1. The molecule has 0 spiro atoms. The highest BCUT2D eigenvalue weighted by atomic mass is 16.5. The van der Waals surface area contributed by atoms with Crippen molar-refractivity contribution in [2.75, 3.05) is 13.2 Å². The van der Waals surface area contributed by atoms with Gasteiger partial charge < -0.3 is 10.5 Å². The summed E-state index contributed by atoms with van der Waals surface area (Å²) in [5.41, 5.74) is 7.02. The largest absolute Gasteiger partial charge is 0.381 e. The first kappa shape index (κ1) is 9.55. The number of nitrogens with zero attached hydrogens (tertiary/aromatic N) is 2. The summed E-state index contributed by atoms with van der Waals surface area (Å²) in [5.74, 6) is 1.18. The Hall–Kier alpha value is -1.00. The van der Waals surface area contributed by atoms with E-state index in [-0.39, 0.29) is 6.04 Å². The second-order valence-electron chi connectivity index (χ2n) is 3.68. The molecule has 0 bridgehead atoms. The van der Waals surface area contributed by atoms with Gasteiger partial charge in [0, 0.05) is 18.7 Å². The number of aromatic nitrogens is 2. The van der Waals surface area contributed by atoms with Crippen LogP contribution in [0.1, 0.15) is 24.0 Å². The Bertz CT molecular complexity index is 310. The van der Waals surface area contributed by atoms with Crippen LogP contribution in [-0.4, -0.2) is 23.2 Å². The summed E-state index contributed by atoms with van der Waals surface area (Å²) in [5, 5.41) is 0. The van der Waals surface area contributed by atoms with Gasteiger partial charge in [0.1, 0.15) is 5.82 Å². The summed E-state index contributed by atoms with van der Waals surface area (Å²) in [6.07, 6.45) is 2.79. The Kier molecular flexibility index (Phi) is 2.74. The van der Waals surface area contributed by atoms with Crippen molar-refractivity contribution in [3.63, 3.8) is 0 Å². The Labute approximate surface area is 83.5 Å². The number of ether oxygens (including phenoxy) is 1. The summed E-state index contributed by atoms with van der Waals surface area (Å²) in [6, 6.07) is 1.87. The molecule has 76 valence electrons. The minimum absolute atomic E-state index is 0.0146. The van der Waals surface area contributed by atoms with Crippen molar-refractivity contribution in [3.8, 4) is 0 Å². The lowest BCUT2D eigenvalue weighted by molar-refractivity contribution is 0.180. The van der Waals surface area contributed by atoms with E-state index in [0.717, 1.165) is 31.2 Å². The molecule has 0 aliphatic carbocycles. The SMILES string of the molecule is Cc1nccc(C(N)C2CCOC2)n1. The molecule has 1 fully saturated rings. The van der Waals surface area contributed by atoms with Crippen LogP contribution in [0.4, 0.5) is 0 Å². The van der Waals surface area contributed by atoms with Crippen LogP contribution in [0.5, 0.6) is 0 Å². The summed E-state index contributed by atoms with van der Waals surface area (Å²) >= 11 is 0. The van der Waals surface area contributed by atoms with Gasteiger partial charge in [-0.2, -0.15) is 0 Å². The minimum atomic E-state index is -0.0146. The van der Waals surface area contributed by atoms with Crippen LogP contribution >= 0.6 is 0 Å². The second-order valence-corrected chi connectivity index (χ2v) is 3.68. The maximum Gasteiger partial charge on any atom is 0.125 e. The van der Waals surface area contributed by atoms with Gasteiger partial charge in [-0.05, 0) is 19.4 Å². The zero-order valence-corrected chi connectivity index (χ0v) is 8.31. The van der Waals surface area contributed by atoms with E-state index in [2.05, 4.69) is 9.97 Å². The standard InChI is InChI=1S/C10H15N3O/c1-7-12-4-2-9(13-7)10(11)8-3-5-14-6-8/h2,4,8,10H,3,5-6,11H2,1H3. The fourth-order valence-corrected chi connectivity index (χ4v) is 1.74. The van der Waals surface area contributed by atoms with Crippen molar-refractivity contribution in [1.82, 2.24) is 9.97 Å². The summed E-state index contributed by atoms with van der Waals surface area (Å²) in [6.45, 7) is 3.45. The monoisotopic (exact) mass is 193 g/mol. The van der Waals surface area contributed by atoms with E-state index in [1.807, 2.05) is 13.0 Å². The third-order valence-electron chi connectivity index (χ3n) is 2.61. The average Bonchev–Trinajstić information content (AvgIpc) is 2.69. The maximum absolute atomic E-state index is 6.10. The zero-order valence-electron chi connectivity index (χ0n) is 8.31. The second kappa shape index (κ2) is 4.02. The normalized spacial score (nSPS) is 23.7. The molecule has 1 aromatic rings. The average molecular weight is 193 g/mol. The van der Waals surface area contributed by atoms with Crippen molar-refractivity contribution in [1.29, 1.82) is 0 Å². The molecular weight excluding hydrogens is 178 g/mol. The molecule has 4 nitrogen and oxygen atoms in total. The van der Waals surface area contributed by atoms with Crippen molar-refractivity contribution in [2.45, 2.75) is 19.4 Å². The van der Waals surface area contributed by atoms with E-state index < -0.39 is 0 Å². The Morgan fingerprint density at radius 3 is 3.14 bits per heavy atom. The molecule has 1 saturated heterocycles. The molecule has 1 aliphatic rings. The molecule has 0 amide bonds. The van der Waals surface area contributed by atoms with Gasteiger partial charge in [-0.25, -0.2) is 9.97 Å². The van der Waals surface area contributed by atoms with Crippen LogP contribution in [0.25, 0.3) is 0 Å². The van der Waals surface area contributed by atoms with Crippen LogP contribution in [0, 0.1) is 12.8 Å². The van der Waals surface area contributed by atoms with E-state index >= 15 is 0 Å². The molecule has 14 heavy (non-hydrogen) atoms. The smallest absolute Gasteiger partial charge is 0.125 e. The topological polar surface area (TPSA) is 61.0 Å². The van der Waals surface area contributed by atoms with E-state index in [1.54, 1.807) is 6.20 Å². The first-order valence-corrected chi connectivity index (χ1v) is 4.90. The van der Waals surface area contributed by atoms with Gasteiger partial charge in [-0.15, -0.1) is 0 Å². The number of hydrogen-bond acceptors (Lipinski definition) is 4. The fourth-order valence-electron chi connectivity index (χ4n) is 1.74. The molecule has 2 N–H and O–H groups in total. The number of rotatable bonds is 2. The molecule has 2 rings (SSSR count). The van der Waals surface area contributed by atoms with Crippen LogP contribution in [-0.2, 0) is 4.74 Å². The zero-order chi connectivity index (χ0) is 9.97. The lowest BCUT2D eigenvalue weighted by Gasteiger charge is -2.16. The van der Waals surface area contributed by atoms with Crippen molar-refractivity contribution >= 4 is 0 Å². The predicted molar refractivity (Wildman–Crippen MR) is 52.6 cm³/mol. The van der Waals surface area contributed by atoms with Gasteiger partial charge in [0.2, 0.25) is 0 Å². The third-order valence-corrected chi connectivity index (χ3v) is 2.61. The van der Waals surface area contributed by atoms with Crippen LogP contribution in [0.3, 0.4) is 0 Å². The molecule has 0 aromatic carbocycles. The summed E-state index contributed by atoms with van der Waals surface area (Å²) < 4.78 is 5.31. The number of nitrogens with two attached hydrogens (primary N) is 1. The van der Waals surface area contributed by atoms with Gasteiger partial charge >= 0.3 is 0 Å². The van der Waals surface area contributed by atoms with Gasteiger partial charge in [-0.3, -0.25) is 0 Å². The van der Waals surface area contributed by atoms with Crippen LogP contribution in [0.2, 0.25) is 0 Å². The first-order valence-electron chi connectivity index (χ1n) is 4.90. The highest BCUT2D eigenvalue weighted by Crippen LogP contribution is 2.25. The minimum Gasteiger partial charge on any atom is -0.381 e. The molecule has 0 radical (unpaired) electrons. The lowest BCUT2D eigenvalue weighted by atomic mass is 9.97. The molecule has 0 saturated carbocycles. The van der Waals surface area contributed by atoms with Crippen molar-refractivity contribution in [2.24, 2.45) is 11.7 Å². The Morgan fingerprint density at radius 2 is 2.50 bits per heavy atom. The van der Waals surface area contributed by atoms with E-state index in [0.29, 0.717) is 5.92 Å². The lowest BCUT2D eigenvalue weighted by Crippen LogP contribution is -2.23. The van der Waals surface area contributed by atoms with Gasteiger partial charge in [0.25, 0.3) is 0 Å². The van der Waals surface area contributed by atoms with Gasteiger partial charge in [0.05, 0.1) is 18.3 Å². The van der Waals surface area contributed by atoms with Crippen molar-refractivity contribution in [3.05, 3.63) is 23.8 Å². The predicted octanol–water partition coefficient (Wildman–Crippen LogP) is 0.821. The fraction of sp³-hybridized carbons (Fsp3) is 0.600. The molecule has 1 aliphatic heterocycles. The van der Waals surface area contributed by atoms with Crippen LogP contribution in [0.15, 0.2) is 12.3 Å². The summed E-state index contributed by atoms with van der Waals surface area (Å²) in [4.78, 5) is 8.38. The van der Waals surface area contributed by atoms with E-state index in [9.17, 15) is 0 Å². The van der Waals surface area contributed by atoms with E-state index in [4.69, 9.17) is 10.5 Å². The third kappa shape index (κ3) is 1.91. The molecule has 2 atom stereocenters. The number of aryl methyl sites for hydroxylation is 1. The summed E-state index contributed by atoms with van der Waals surface area (Å²) in [7, 11) is 0. The Morgan fingerprint density at radius 1 is 1.64 bits per heavy atom. The molecule has 1 aromatic heterocycles. The molecule has 2 heterocycles. The molecule has 4 heteroatoms. The van der Waals surface area contributed by atoms with Crippen molar-refractivity contribution < 1.29 is 4.74 Å². The highest BCUT2D eigenvalue weighted by Gasteiger charge is 2.24. The Balaban J connectivity index is 2.13. The molecular formula is C10H15N3O. The van der Waals surface area contributed by atoms with Crippen LogP contribution < -0.4 is 5.73 Å². The quantitative estimate of drug-likeness (QED) is 0.755. The highest BCUT2D eigenvalue weighted by molar-refractivity contribution is 5.08. The first-order chi connectivity index (χ1) is 6.77. The van der Waals surface area contributed by atoms with E-state index in [1.165, 1.54) is 0 Å². The molecule has 2 unspecified atom stereocenters. The maximum atomic E-state index is 6.10. The van der Waals surface area contributed by atoms with Gasteiger partial charge in [0.15, 0.2) is 0 Å².